The van der Waals surface area contributed by atoms with Gasteiger partial charge in [-0.2, -0.15) is 0 Å². The Labute approximate surface area is 100 Å². The topological polar surface area (TPSA) is 43.8 Å². The molecule has 4 heteroatoms. The highest BCUT2D eigenvalue weighted by Crippen LogP contribution is 2.24. The molecule has 0 saturated carbocycles. The predicted octanol–water partition coefficient (Wildman–Crippen LogP) is 2.88. The maximum atomic E-state index is 6.12. The van der Waals surface area contributed by atoms with Gasteiger partial charge in [-0.1, -0.05) is 25.4 Å². The maximum Gasteiger partial charge on any atom is 0.126 e. The Morgan fingerprint density at radius 2 is 2.06 bits per heavy atom. The summed E-state index contributed by atoms with van der Waals surface area (Å²) in [7, 11) is 1.99. The summed E-state index contributed by atoms with van der Waals surface area (Å²) < 4.78 is 2.04. The van der Waals surface area contributed by atoms with Crippen LogP contribution in [0.4, 0.5) is 0 Å². The average Bonchev–Trinajstić information content (AvgIpc) is 2.54. The van der Waals surface area contributed by atoms with E-state index in [1.54, 1.807) is 0 Å². The number of nitrogens with two attached hydrogens (primary N) is 1. The van der Waals surface area contributed by atoms with E-state index in [0.29, 0.717) is 10.9 Å². The van der Waals surface area contributed by atoms with Crippen LogP contribution < -0.4 is 5.73 Å². The number of nitrogens with zero attached hydrogens (tertiary/aromatic N) is 2. The minimum Gasteiger partial charge on any atom is -0.330 e. The third-order valence-corrected chi connectivity index (χ3v) is 3.13. The number of halogens is 1. The lowest BCUT2D eigenvalue weighted by Gasteiger charge is -2.14. The summed E-state index contributed by atoms with van der Waals surface area (Å²) in [5.41, 5.74) is 8.09. The molecule has 0 bridgehead atoms. The van der Waals surface area contributed by atoms with Gasteiger partial charge in [0.15, 0.2) is 0 Å². The van der Waals surface area contributed by atoms with Crippen LogP contribution in [0.2, 0.25) is 5.02 Å². The number of hydrogen-bond acceptors (Lipinski definition) is 2. The molecule has 1 heterocycles. The Morgan fingerprint density at radius 3 is 2.69 bits per heavy atom. The van der Waals surface area contributed by atoms with Gasteiger partial charge >= 0.3 is 0 Å². The van der Waals surface area contributed by atoms with Gasteiger partial charge in [0, 0.05) is 12.1 Å². The zero-order chi connectivity index (χ0) is 11.9. The molecule has 1 unspecified atom stereocenters. The van der Waals surface area contributed by atoms with Gasteiger partial charge in [0.2, 0.25) is 0 Å². The smallest absolute Gasteiger partial charge is 0.126 e. The monoisotopic (exact) mass is 237 g/mol. The molecule has 0 aliphatic rings. The lowest BCUT2D eigenvalue weighted by Crippen LogP contribution is -2.20. The highest BCUT2D eigenvalue weighted by molar-refractivity contribution is 6.31. The number of rotatable bonds is 2. The molecule has 0 aliphatic carbocycles. The van der Waals surface area contributed by atoms with Crippen molar-refractivity contribution in [3.63, 3.8) is 0 Å². The maximum absolute atomic E-state index is 6.12. The summed E-state index contributed by atoms with van der Waals surface area (Å²) in [4.78, 5) is 4.55. The number of benzene rings is 1. The number of aromatic nitrogens is 2. The van der Waals surface area contributed by atoms with E-state index in [2.05, 4.69) is 18.8 Å². The van der Waals surface area contributed by atoms with Crippen LogP contribution in [0, 0.1) is 5.92 Å². The van der Waals surface area contributed by atoms with E-state index in [0.717, 1.165) is 16.9 Å². The van der Waals surface area contributed by atoms with E-state index < -0.39 is 0 Å². The van der Waals surface area contributed by atoms with Crippen molar-refractivity contribution in [1.82, 2.24) is 9.55 Å². The van der Waals surface area contributed by atoms with Crippen LogP contribution in [0.25, 0.3) is 11.0 Å². The zero-order valence-electron chi connectivity index (χ0n) is 9.74. The van der Waals surface area contributed by atoms with Crippen molar-refractivity contribution in [2.75, 3.05) is 0 Å². The Bertz CT molecular complexity index is 516. The van der Waals surface area contributed by atoms with Crippen molar-refractivity contribution in [2.45, 2.75) is 19.9 Å². The first-order chi connectivity index (χ1) is 7.50. The molecule has 1 aromatic carbocycles. The van der Waals surface area contributed by atoms with Gasteiger partial charge in [0.1, 0.15) is 5.82 Å². The molecule has 0 spiro atoms. The summed E-state index contributed by atoms with van der Waals surface area (Å²) in [6.45, 7) is 4.19. The van der Waals surface area contributed by atoms with E-state index in [1.807, 2.05) is 29.8 Å². The summed E-state index contributed by atoms with van der Waals surface area (Å²) in [6, 6.07) is 5.67. The lowest BCUT2D eigenvalue weighted by molar-refractivity contribution is 0.480. The molecule has 0 aliphatic heterocycles. The van der Waals surface area contributed by atoms with E-state index in [-0.39, 0.29) is 6.04 Å². The SMILES string of the molecule is CC(C)C(N)c1nc2cc(Cl)ccc2n1C. The summed E-state index contributed by atoms with van der Waals surface area (Å²) in [5.74, 6) is 1.28. The molecule has 86 valence electrons. The quantitative estimate of drug-likeness (QED) is 0.873. The fraction of sp³-hybridized carbons (Fsp3) is 0.417. The van der Waals surface area contributed by atoms with E-state index in [9.17, 15) is 0 Å². The molecule has 0 amide bonds. The van der Waals surface area contributed by atoms with Crippen LogP contribution in [-0.2, 0) is 7.05 Å². The van der Waals surface area contributed by atoms with Crippen LogP contribution in [0.15, 0.2) is 18.2 Å². The highest BCUT2D eigenvalue weighted by atomic mass is 35.5. The van der Waals surface area contributed by atoms with Gasteiger partial charge < -0.3 is 10.3 Å². The van der Waals surface area contributed by atoms with E-state index in [1.165, 1.54) is 0 Å². The van der Waals surface area contributed by atoms with Crippen molar-refractivity contribution in [3.8, 4) is 0 Å². The second kappa shape index (κ2) is 4.07. The minimum absolute atomic E-state index is 0.0452. The van der Waals surface area contributed by atoms with Crippen LogP contribution in [0.3, 0.4) is 0 Å². The fourth-order valence-corrected chi connectivity index (χ4v) is 1.95. The molecule has 0 saturated heterocycles. The summed E-state index contributed by atoms with van der Waals surface area (Å²) in [5, 5.41) is 0.704. The molecule has 3 nitrogen and oxygen atoms in total. The van der Waals surface area contributed by atoms with Gasteiger partial charge in [0.25, 0.3) is 0 Å². The molecule has 2 N–H and O–H groups in total. The van der Waals surface area contributed by atoms with Crippen molar-refractivity contribution in [1.29, 1.82) is 0 Å². The summed E-state index contributed by atoms with van der Waals surface area (Å²) >= 11 is 5.94. The highest BCUT2D eigenvalue weighted by Gasteiger charge is 2.17. The molecule has 2 aromatic rings. The predicted molar refractivity (Wildman–Crippen MR) is 67.5 cm³/mol. The number of imidazole rings is 1. The van der Waals surface area contributed by atoms with Crippen LogP contribution in [-0.4, -0.2) is 9.55 Å². The second-order valence-electron chi connectivity index (χ2n) is 4.43. The molecular formula is C12H16ClN3. The Hall–Kier alpha value is -1.06. The van der Waals surface area contributed by atoms with Crippen molar-refractivity contribution < 1.29 is 0 Å². The molecule has 0 radical (unpaired) electrons. The number of aryl methyl sites for hydroxylation is 1. The first kappa shape index (κ1) is 11.4. The first-order valence-electron chi connectivity index (χ1n) is 5.38. The lowest BCUT2D eigenvalue weighted by atomic mass is 10.1. The van der Waals surface area contributed by atoms with Gasteiger partial charge in [0.05, 0.1) is 17.1 Å². The Balaban J connectivity index is 2.60. The molecular weight excluding hydrogens is 222 g/mol. The third-order valence-electron chi connectivity index (χ3n) is 2.89. The van der Waals surface area contributed by atoms with Gasteiger partial charge in [-0.3, -0.25) is 0 Å². The number of fused-ring (bicyclic) bond motifs is 1. The van der Waals surface area contributed by atoms with Crippen LogP contribution >= 0.6 is 11.6 Å². The summed E-state index contributed by atoms with van der Waals surface area (Å²) in [6.07, 6.45) is 0. The second-order valence-corrected chi connectivity index (χ2v) is 4.87. The Morgan fingerprint density at radius 1 is 1.38 bits per heavy atom. The van der Waals surface area contributed by atoms with Gasteiger partial charge in [-0.15, -0.1) is 0 Å². The minimum atomic E-state index is -0.0452. The molecule has 2 rings (SSSR count). The van der Waals surface area contributed by atoms with Crippen LogP contribution in [0.1, 0.15) is 25.7 Å². The average molecular weight is 238 g/mol. The van der Waals surface area contributed by atoms with Crippen LogP contribution in [0.5, 0.6) is 0 Å². The third kappa shape index (κ3) is 1.81. The number of hydrogen-bond donors (Lipinski definition) is 1. The largest absolute Gasteiger partial charge is 0.330 e. The molecule has 1 aromatic heterocycles. The van der Waals surface area contributed by atoms with E-state index in [4.69, 9.17) is 17.3 Å². The normalized spacial score (nSPS) is 13.6. The Kier molecular flexibility index (Phi) is 2.91. The molecule has 16 heavy (non-hydrogen) atoms. The fourth-order valence-electron chi connectivity index (χ4n) is 1.79. The van der Waals surface area contributed by atoms with Gasteiger partial charge in [-0.25, -0.2) is 4.98 Å². The molecule has 0 fully saturated rings. The van der Waals surface area contributed by atoms with Gasteiger partial charge in [-0.05, 0) is 24.1 Å². The van der Waals surface area contributed by atoms with E-state index >= 15 is 0 Å². The van der Waals surface area contributed by atoms with Crippen molar-refractivity contribution >= 4 is 22.6 Å². The van der Waals surface area contributed by atoms with Crippen molar-refractivity contribution in [3.05, 3.63) is 29.0 Å². The molecule has 1 atom stereocenters. The first-order valence-corrected chi connectivity index (χ1v) is 5.76. The standard InChI is InChI=1S/C12H16ClN3/c1-7(2)11(14)12-15-9-6-8(13)4-5-10(9)16(12)3/h4-7,11H,14H2,1-3H3. The van der Waals surface area contributed by atoms with Crippen molar-refractivity contribution in [2.24, 2.45) is 18.7 Å². The zero-order valence-corrected chi connectivity index (χ0v) is 10.5.